The number of amides is 3. The molecule has 0 bridgehead atoms. The van der Waals surface area contributed by atoms with Crippen LogP contribution in [0.1, 0.15) is 55.1 Å². The van der Waals surface area contributed by atoms with E-state index in [1.54, 1.807) is 25.7 Å². The number of piperidine rings is 1. The number of likely N-dealkylation sites (tertiary alicyclic amines) is 1. The Hall–Kier alpha value is -2.57. The Balaban J connectivity index is 1.70. The summed E-state index contributed by atoms with van der Waals surface area (Å²) in [5.41, 5.74) is 2.35. The summed E-state index contributed by atoms with van der Waals surface area (Å²) in [5.74, 6) is 0.162. The predicted molar refractivity (Wildman–Crippen MR) is 112 cm³/mol. The maximum absolute atomic E-state index is 12.3. The van der Waals surface area contributed by atoms with Gasteiger partial charge in [-0.1, -0.05) is 6.07 Å². The van der Waals surface area contributed by atoms with Gasteiger partial charge in [0.2, 0.25) is 5.91 Å². The SMILES string of the molecule is Cc1ccc(C(=O)NCC2CCN(C(=O)CNC(=O)OC(C)(C)C)CC2)cc1C. The Labute approximate surface area is 173 Å². The van der Waals surface area contributed by atoms with Crippen molar-refractivity contribution in [1.82, 2.24) is 15.5 Å². The van der Waals surface area contributed by atoms with Crippen LogP contribution in [0.4, 0.5) is 4.79 Å². The van der Waals surface area contributed by atoms with Crippen LogP contribution in [0.2, 0.25) is 0 Å². The molecule has 1 aliphatic heterocycles. The van der Waals surface area contributed by atoms with Crippen molar-refractivity contribution in [2.24, 2.45) is 5.92 Å². The molecule has 0 atom stereocenters. The van der Waals surface area contributed by atoms with Crippen LogP contribution in [0.25, 0.3) is 0 Å². The molecule has 0 saturated carbocycles. The first kappa shape index (κ1) is 22.7. The zero-order valence-corrected chi connectivity index (χ0v) is 18.1. The number of hydrogen-bond donors (Lipinski definition) is 2. The minimum atomic E-state index is -0.590. The molecule has 1 fully saturated rings. The third-order valence-electron chi connectivity index (χ3n) is 5.07. The minimum Gasteiger partial charge on any atom is -0.444 e. The van der Waals surface area contributed by atoms with E-state index in [1.165, 1.54) is 5.56 Å². The first-order valence-electron chi connectivity index (χ1n) is 10.2. The molecule has 2 rings (SSSR count). The highest BCUT2D eigenvalue weighted by molar-refractivity contribution is 5.94. The third-order valence-corrected chi connectivity index (χ3v) is 5.07. The van der Waals surface area contributed by atoms with Gasteiger partial charge in [0.15, 0.2) is 0 Å². The molecule has 0 spiro atoms. The van der Waals surface area contributed by atoms with Crippen molar-refractivity contribution < 1.29 is 19.1 Å². The molecule has 1 aliphatic rings. The van der Waals surface area contributed by atoms with Gasteiger partial charge in [0.05, 0.1) is 0 Å². The van der Waals surface area contributed by atoms with Crippen molar-refractivity contribution in [2.45, 2.75) is 53.1 Å². The highest BCUT2D eigenvalue weighted by Crippen LogP contribution is 2.17. The summed E-state index contributed by atoms with van der Waals surface area (Å²) in [6, 6.07) is 5.71. The Morgan fingerprint density at radius 2 is 1.72 bits per heavy atom. The topological polar surface area (TPSA) is 87.7 Å². The Morgan fingerprint density at radius 3 is 2.31 bits per heavy atom. The number of alkyl carbamates (subject to hydrolysis) is 1. The summed E-state index contributed by atoms with van der Waals surface area (Å²) in [7, 11) is 0. The Kier molecular flexibility index (Phi) is 7.65. The number of benzene rings is 1. The quantitative estimate of drug-likeness (QED) is 0.791. The molecule has 1 saturated heterocycles. The van der Waals surface area contributed by atoms with E-state index in [-0.39, 0.29) is 18.4 Å². The highest BCUT2D eigenvalue weighted by Gasteiger charge is 2.24. The second kappa shape index (κ2) is 9.76. The van der Waals surface area contributed by atoms with Gasteiger partial charge in [0.25, 0.3) is 5.91 Å². The van der Waals surface area contributed by atoms with Gasteiger partial charge < -0.3 is 20.3 Å². The van der Waals surface area contributed by atoms with Gasteiger partial charge in [-0.05, 0) is 76.6 Å². The van der Waals surface area contributed by atoms with Crippen LogP contribution in [0, 0.1) is 19.8 Å². The third kappa shape index (κ3) is 7.40. The largest absolute Gasteiger partial charge is 0.444 e. The van der Waals surface area contributed by atoms with Crippen LogP contribution in [0.5, 0.6) is 0 Å². The van der Waals surface area contributed by atoms with Crippen molar-refractivity contribution in [3.8, 4) is 0 Å². The van der Waals surface area contributed by atoms with Crippen molar-refractivity contribution >= 4 is 17.9 Å². The van der Waals surface area contributed by atoms with E-state index in [9.17, 15) is 14.4 Å². The summed E-state index contributed by atoms with van der Waals surface area (Å²) in [6.07, 6.45) is 1.06. The van der Waals surface area contributed by atoms with Crippen LogP contribution >= 0.6 is 0 Å². The predicted octanol–water partition coefficient (Wildman–Crippen LogP) is 2.80. The minimum absolute atomic E-state index is 0.0619. The molecule has 0 aromatic heterocycles. The fourth-order valence-corrected chi connectivity index (χ4v) is 3.18. The molecule has 1 aromatic rings. The number of nitrogens with zero attached hydrogens (tertiary/aromatic N) is 1. The summed E-state index contributed by atoms with van der Waals surface area (Å²) in [6.45, 7) is 11.1. The lowest BCUT2D eigenvalue weighted by Crippen LogP contribution is -2.46. The Bertz CT molecular complexity index is 747. The van der Waals surface area contributed by atoms with Crippen molar-refractivity contribution in [2.75, 3.05) is 26.2 Å². The number of carbonyl (C=O) groups is 3. The molecular weight excluding hydrogens is 370 g/mol. The van der Waals surface area contributed by atoms with Crippen molar-refractivity contribution in [1.29, 1.82) is 0 Å². The van der Waals surface area contributed by atoms with Gasteiger partial charge in [-0.25, -0.2) is 4.79 Å². The van der Waals surface area contributed by atoms with Gasteiger partial charge in [-0.2, -0.15) is 0 Å². The molecule has 7 nitrogen and oxygen atoms in total. The first-order valence-corrected chi connectivity index (χ1v) is 10.2. The van der Waals surface area contributed by atoms with E-state index < -0.39 is 11.7 Å². The normalized spacial score (nSPS) is 15.0. The summed E-state index contributed by atoms with van der Waals surface area (Å²) >= 11 is 0. The molecule has 1 heterocycles. The van der Waals surface area contributed by atoms with E-state index >= 15 is 0 Å². The summed E-state index contributed by atoms with van der Waals surface area (Å²) < 4.78 is 5.14. The lowest BCUT2D eigenvalue weighted by atomic mass is 9.96. The van der Waals surface area contributed by atoms with Gasteiger partial charge in [-0.15, -0.1) is 0 Å². The van der Waals surface area contributed by atoms with Crippen molar-refractivity contribution in [3.05, 3.63) is 34.9 Å². The van der Waals surface area contributed by atoms with E-state index in [4.69, 9.17) is 4.74 Å². The average Bonchev–Trinajstić information content (AvgIpc) is 2.65. The van der Waals surface area contributed by atoms with Crippen molar-refractivity contribution in [3.63, 3.8) is 0 Å². The zero-order valence-electron chi connectivity index (χ0n) is 18.1. The standard InChI is InChI=1S/C22H33N3O4/c1-15-6-7-18(12-16(15)2)20(27)23-13-17-8-10-25(11-9-17)19(26)14-24-21(28)29-22(3,4)5/h6-7,12,17H,8-11,13-14H2,1-5H3,(H,23,27)(H,24,28). The summed E-state index contributed by atoms with van der Waals surface area (Å²) in [5, 5.41) is 5.51. The summed E-state index contributed by atoms with van der Waals surface area (Å²) in [4.78, 5) is 38.0. The smallest absolute Gasteiger partial charge is 0.408 e. The number of nitrogens with one attached hydrogen (secondary N) is 2. The maximum atomic E-state index is 12.3. The molecule has 0 aliphatic carbocycles. The lowest BCUT2D eigenvalue weighted by molar-refractivity contribution is -0.131. The van der Waals surface area contributed by atoms with E-state index in [0.29, 0.717) is 31.1 Å². The second-order valence-electron chi connectivity index (χ2n) is 8.69. The zero-order chi connectivity index (χ0) is 21.6. The molecule has 0 radical (unpaired) electrons. The molecule has 7 heteroatoms. The van der Waals surface area contributed by atoms with Gasteiger partial charge in [-0.3, -0.25) is 9.59 Å². The van der Waals surface area contributed by atoms with Gasteiger partial charge in [0.1, 0.15) is 12.1 Å². The van der Waals surface area contributed by atoms with E-state index in [0.717, 1.165) is 18.4 Å². The fraction of sp³-hybridized carbons (Fsp3) is 0.591. The van der Waals surface area contributed by atoms with E-state index in [2.05, 4.69) is 10.6 Å². The fourth-order valence-electron chi connectivity index (χ4n) is 3.18. The molecule has 0 unspecified atom stereocenters. The van der Waals surface area contributed by atoms with Gasteiger partial charge in [0, 0.05) is 25.2 Å². The molecule has 160 valence electrons. The molecular formula is C22H33N3O4. The van der Waals surface area contributed by atoms with Gasteiger partial charge >= 0.3 is 6.09 Å². The lowest BCUT2D eigenvalue weighted by Gasteiger charge is -2.32. The molecule has 1 aromatic carbocycles. The number of rotatable bonds is 5. The first-order chi connectivity index (χ1) is 13.5. The molecule has 2 N–H and O–H groups in total. The molecule has 29 heavy (non-hydrogen) atoms. The number of ether oxygens (including phenoxy) is 1. The van der Waals surface area contributed by atoms with Crippen LogP contribution in [-0.4, -0.2) is 54.6 Å². The molecule has 3 amide bonds. The Morgan fingerprint density at radius 1 is 1.07 bits per heavy atom. The van der Waals surface area contributed by atoms with Crippen LogP contribution in [-0.2, 0) is 9.53 Å². The monoisotopic (exact) mass is 403 g/mol. The maximum Gasteiger partial charge on any atom is 0.408 e. The highest BCUT2D eigenvalue weighted by atomic mass is 16.6. The van der Waals surface area contributed by atoms with Crippen LogP contribution < -0.4 is 10.6 Å². The number of hydrogen-bond acceptors (Lipinski definition) is 4. The number of carbonyl (C=O) groups excluding carboxylic acids is 3. The number of aryl methyl sites for hydroxylation is 2. The van der Waals surface area contributed by atoms with E-state index in [1.807, 2.05) is 32.0 Å². The second-order valence-corrected chi connectivity index (χ2v) is 8.69. The average molecular weight is 404 g/mol. The van der Waals surface area contributed by atoms with Crippen LogP contribution in [0.3, 0.4) is 0 Å². The van der Waals surface area contributed by atoms with Crippen LogP contribution in [0.15, 0.2) is 18.2 Å².